The van der Waals surface area contributed by atoms with Crippen LogP contribution in [0, 0.1) is 0 Å². The predicted molar refractivity (Wildman–Crippen MR) is 52.1 cm³/mol. The molecular formula is C9H19NO5. The van der Waals surface area contributed by atoms with Crippen LogP contribution in [-0.4, -0.2) is 64.1 Å². The molecule has 0 aromatic rings. The maximum absolute atomic E-state index is 9.75. The van der Waals surface area contributed by atoms with Crippen molar-refractivity contribution in [2.45, 2.75) is 36.8 Å². The number of hydrogen-bond donors (Lipinski definition) is 5. The minimum absolute atomic E-state index is 0.356. The Morgan fingerprint density at radius 2 is 1.93 bits per heavy atom. The van der Waals surface area contributed by atoms with Crippen LogP contribution in [0.3, 0.4) is 0 Å². The van der Waals surface area contributed by atoms with Crippen LogP contribution in [0.4, 0.5) is 0 Å². The topological polar surface area (TPSA) is 116 Å². The van der Waals surface area contributed by atoms with E-state index in [1.807, 2.05) is 0 Å². The van der Waals surface area contributed by atoms with Gasteiger partial charge in [-0.2, -0.15) is 0 Å². The summed E-state index contributed by atoms with van der Waals surface area (Å²) in [6.07, 6.45) is -2.27. The number of aliphatic hydroxyl groups is 4. The summed E-state index contributed by atoms with van der Waals surface area (Å²) in [5.41, 5.74) is 4.15. The van der Waals surface area contributed by atoms with Crippen LogP contribution in [0.2, 0.25) is 0 Å². The lowest BCUT2D eigenvalue weighted by atomic mass is 9.90. The molecule has 0 amide bonds. The quantitative estimate of drug-likeness (QED) is 0.352. The third-order valence-corrected chi connectivity index (χ3v) is 2.88. The second-order valence-corrected chi connectivity index (χ2v) is 3.89. The van der Waals surface area contributed by atoms with Crippen LogP contribution in [0.5, 0.6) is 0 Å². The van der Waals surface area contributed by atoms with Crippen LogP contribution >= 0.6 is 0 Å². The van der Waals surface area contributed by atoms with Gasteiger partial charge < -0.3 is 30.9 Å². The Morgan fingerprint density at radius 1 is 1.27 bits per heavy atom. The summed E-state index contributed by atoms with van der Waals surface area (Å²) in [5.74, 6) is 0. The van der Waals surface area contributed by atoms with Gasteiger partial charge in [0.25, 0.3) is 0 Å². The van der Waals surface area contributed by atoms with Crippen molar-refractivity contribution in [1.82, 2.24) is 0 Å². The lowest BCUT2D eigenvalue weighted by Gasteiger charge is -2.29. The first-order valence-corrected chi connectivity index (χ1v) is 5.07. The number of hydrogen-bond acceptors (Lipinski definition) is 6. The van der Waals surface area contributed by atoms with E-state index < -0.39 is 30.5 Å². The van der Waals surface area contributed by atoms with Crippen molar-refractivity contribution in [3.63, 3.8) is 0 Å². The van der Waals surface area contributed by atoms with Crippen molar-refractivity contribution >= 4 is 0 Å². The molecule has 0 bridgehead atoms. The summed E-state index contributed by atoms with van der Waals surface area (Å²) in [4.78, 5) is 0. The molecule has 0 radical (unpaired) electrons. The van der Waals surface area contributed by atoms with Crippen LogP contribution in [0.15, 0.2) is 0 Å². The fourth-order valence-corrected chi connectivity index (χ4v) is 1.92. The summed E-state index contributed by atoms with van der Waals surface area (Å²) in [7, 11) is 0. The third-order valence-electron chi connectivity index (χ3n) is 2.88. The highest BCUT2D eigenvalue weighted by molar-refractivity contribution is 5.01. The minimum atomic E-state index is -1.19. The molecule has 0 saturated carbocycles. The molecule has 1 fully saturated rings. The molecule has 90 valence electrons. The third kappa shape index (κ3) is 2.30. The Kier molecular flexibility index (Phi) is 4.45. The maximum atomic E-state index is 9.75. The number of aliphatic hydroxyl groups excluding tert-OH is 4. The Hall–Kier alpha value is -0.240. The molecule has 4 atom stereocenters. The van der Waals surface area contributed by atoms with Gasteiger partial charge in [0.1, 0.15) is 23.9 Å². The van der Waals surface area contributed by atoms with Gasteiger partial charge in [0.2, 0.25) is 0 Å². The van der Waals surface area contributed by atoms with E-state index in [1.165, 1.54) is 0 Å². The van der Waals surface area contributed by atoms with Crippen molar-refractivity contribution in [3.8, 4) is 0 Å². The van der Waals surface area contributed by atoms with E-state index in [-0.39, 0.29) is 6.61 Å². The summed E-state index contributed by atoms with van der Waals surface area (Å²) < 4.78 is 5.32. The van der Waals surface area contributed by atoms with Crippen molar-refractivity contribution in [1.29, 1.82) is 0 Å². The summed E-state index contributed by atoms with van der Waals surface area (Å²) in [5, 5.41) is 37.4. The predicted octanol–water partition coefficient (Wildman–Crippen LogP) is -2.43. The fraction of sp³-hybridized carbons (Fsp3) is 1.00. The molecule has 6 nitrogen and oxygen atoms in total. The zero-order chi connectivity index (χ0) is 11.5. The molecule has 1 saturated heterocycles. The van der Waals surface area contributed by atoms with E-state index in [1.54, 1.807) is 0 Å². The van der Waals surface area contributed by atoms with Gasteiger partial charge in [0.15, 0.2) is 0 Å². The highest BCUT2D eigenvalue weighted by Crippen LogP contribution is 2.34. The molecule has 1 aliphatic rings. The summed E-state index contributed by atoms with van der Waals surface area (Å²) in [6.45, 7) is -0.373. The van der Waals surface area contributed by atoms with Gasteiger partial charge in [-0.25, -0.2) is 0 Å². The first kappa shape index (κ1) is 12.8. The zero-order valence-corrected chi connectivity index (χ0v) is 8.54. The van der Waals surface area contributed by atoms with E-state index in [0.29, 0.717) is 19.4 Å². The molecule has 15 heavy (non-hydrogen) atoms. The van der Waals surface area contributed by atoms with Gasteiger partial charge in [-0.05, 0) is 19.4 Å². The standard InChI is InChI=1S/C9H19NO5/c10-3-1-2-9(5-12)8(14)7(13)6(4-11)15-9/h6-8,11-14H,1-5,10H2/t6-,7-,8+,9?/m1/s1. The van der Waals surface area contributed by atoms with Gasteiger partial charge in [-0.1, -0.05) is 0 Å². The maximum Gasteiger partial charge on any atom is 0.120 e. The van der Waals surface area contributed by atoms with Gasteiger partial charge in [0.05, 0.1) is 13.2 Å². The fourth-order valence-electron chi connectivity index (χ4n) is 1.92. The van der Waals surface area contributed by atoms with Gasteiger partial charge in [-0.15, -0.1) is 0 Å². The Balaban J connectivity index is 2.72. The Morgan fingerprint density at radius 3 is 2.33 bits per heavy atom. The van der Waals surface area contributed by atoms with Gasteiger partial charge in [0, 0.05) is 0 Å². The highest BCUT2D eigenvalue weighted by atomic mass is 16.6. The second kappa shape index (κ2) is 5.20. The lowest BCUT2D eigenvalue weighted by Crippen LogP contribution is -2.46. The molecule has 0 aromatic carbocycles. The molecule has 1 unspecified atom stereocenters. The van der Waals surface area contributed by atoms with Gasteiger partial charge >= 0.3 is 0 Å². The second-order valence-electron chi connectivity index (χ2n) is 3.89. The highest BCUT2D eigenvalue weighted by Gasteiger charge is 2.52. The SMILES string of the molecule is NCCCC1(CO)O[C@H](CO)[C@@H](O)[C@@H]1O. The molecule has 0 aliphatic carbocycles. The minimum Gasteiger partial charge on any atom is -0.394 e. The van der Waals surface area contributed by atoms with E-state index in [2.05, 4.69) is 0 Å². The molecule has 1 aliphatic heterocycles. The first-order valence-electron chi connectivity index (χ1n) is 5.07. The van der Waals surface area contributed by atoms with Crippen molar-refractivity contribution < 1.29 is 25.2 Å². The monoisotopic (exact) mass is 221 g/mol. The molecule has 1 heterocycles. The largest absolute Gasteiger partial charge is 0.394 e. The molecule has 1 rings (SSSR count). The van der Waals surface area contributed by atoms with E-state index >= 15 is 0 Å². The molecule has 0 aromatic heterocycles. The van der Waals surface area contributed by atoms with Crippen LogP contribution in [-0.2, 0) is 4.74 Å². The average Bonchev–Trinajstić information content (AvgIpc) is 2.51. The van der Waals surface area contributed by atoms with Gasteiger partial charge in [-0.3, -0.25) is 0 Å². The normalized spacial score (nSPS) is 41.0. The molecule has 6 heteroatoms. The lowest BCUT2D eigenvalue weighted by molar-refractivity contribution is -0.123. The van der Waals surface area contributed by atoms with Crippen LogP contribution < -0.4 is 5.73 Å². The molecule has 6 N–H and O–H groups in total. The Bertz CT molecular complexity index is 203. The number of nitrogens with two attached hydrogens (primary N) is 1. The zero-order valence-electron chi connectivity index (χ0n) is 8.54. The number of rotatable bonds is 5. The summed E-state index contributed by atoms with van der Waals surface area (Å²) in [6, 6.07) is 0. The first-order chi connectivity index (χ1) is 7.11. The van der Waals surface area contributed by atoms with E-state index in [0.717, 1.165) is 0 Å². The molecule has 0 spiro atoms. The average molecular weight is 221 g/mol. The number of ether oxygens (including phenoxy) is 1. The summed E-state index contributed by atoms with van der Waals surface area (Å²) >= 11 is 0. The smallest absolute Gasteiger partial charge is 0.120 e. The van der Waals surface area contributed by atoms with Crippen molar-refractivity contribution in [3.05, 3.63) is 0 Å². The van der Waals surface area contributed by atoms with Crippen molar-refractivity contribution in [2.24, 2.45) is 5.73 Å². The van der Waals surface area contributed by atoms with Crippen molar-refractivity contribution in [2.75, 3.05) is 19.8 Å². The van der Waals surface area contributed by atoms with E-state index in [4.69, 9.17) is 15.6 Å². The van der Waals surface area contributed by atoms with Crippen LogP contribution in [0.25, 0.3) is 0 Å². The van der Waals surface area contributed by atoms with E-state index in [9.17, 15) is 15.3 Å². The Labute approximate surface area is 88.3 Å². The van der Waals surface area contributed by atoms with Crippen LogP contribution in [0.1, 0.15) is 12.8 Å². The molecular weight excluding hydrogens is 202 g/mol.